The summed E-state index contributed by atoms with van der Waals surface area (Å²) in [5, 5.41) is 0. The zero-order chi connectivity index (χ0) is 10.8. The lowest BCUT2D eigenvalue weighted by atomic mass is 9.77. The molecule has 0 nitrogen and oxygen atoms in total. The van der Waals surface area contributed by atoms with E-state index in [1.165, 1.54) is 22.3 Å². The fourth-order valence-electron chi connectivity index (χ4n) is 2.37. The normalized spacial score (nSPS) is 19.8. The molecule has 78 valence electrons. The Morgan fingerprint density at radius 1 is 1.33 bits per heavy atom. The maximum Gasteiger partial charge on any atom is -0.0125 e. The van der Waals surface area contributed by atoms with Crippen molar-refractivity contribution in [1.29, 1.82) is 0 Å². The highest BCUT2D eigenvalue weighted by atomic mass is 14.3. The van der Waals surface area contributed by atoms with Crippen molar-refractivity contribution in [1.82, 2.24) is 0 Å². The van der Waals surface area contributed by atoms with E-state index >= 15 is 0 Å². The van der Waals surface area contributed by atoms with E-state index in [4.69, 9.17) is 0 Å². The van der Waals surface area contributed by atoms with Crippen molar-refractivity contribution in [3.05, 3.63) is 54.1 Å². The summed E-state index contributed by atoms with van der Waals surface area (Å²) in [5.74, 6) is 0.609. The maximum absolute atomic E-state index is 4.18. The third-order valence-electron chi connectivity index (χ3n) is 3.39. The van der Waals surface area contributed by atoms with Gasteiger partial charge in [-0.2, -0.15) is 0 Å². The van der Waals surface area contributed by atoms with Crippen LogP contribution < -0.4 is 0 Å². The molecule has 0 spiro atoms. The number of fused-ring (bicyclic) bond motifs is 1. The average Bonchev–Trinajstić information content (AvgIpc) is 2.28. The van der Waals surface area contributed by atoms with E-state index in [-0.39, 0.29) is 0 Å². The first-order valence-electron chi connectivity index (χ1n) is 5.66. The van der Waals surface area contributed by atoms with Gasteiger partial charge in [0.2, 0.25) is 0 Å². The number of benzene rings is 1. The molecule has 0 saturated carbocycles. The van der Waals surface area contributed by atoms with Gasteiger partial charge in [0, 0.05) is 0 Å². The van der Waals surface area contributed by atoms with Gasteiger partial charge in [-0.3, -0.25) is 0 Å². The monoisotopic (exact) mass is 198 g/mol. The molecular weight excluding hydrogens is 180 g/mol. The molecule has 1 atom stereocenters. The number of hydrogen-bond donors (Lipinski definition) is 0. The van der Waals surface area contributed by atoms with Crippen LogP contribution in [0.25, 0.3) is 5.57 Å². The lowest BCUT2D eigenvalue weighted by molar-refractivity contribution is 0.595. The predicted molar refractivity (Wildman–Crippen MR) is 66.7 cm³/mol. The van der Waals surface area contributed by atoms with Crippen LogP contribution in [0.1, 0.15) is 30.9 Å². The molecule has 0 heteroatoms. The zero-order valence-electron chi connectivity index (χ0n) is 9.42. The van der Waals surface area contributed by atoms with Gasteiger partial charge in [0.05, 0.1) is 0 Å². The van der Waals surface area contributed by atoms with E-state index in [0.29, 0.717) is 5.92 Å². The van der Waals surface area contributed by atoms with Crippen LogP contribution in [0.4, 0.5) is 0 Å². The van der Waals surface area contributed by atoms with Crippen molar-refractivity contribution < 1.29 is 0 Å². The van der Waals surface area contributed by atoms with Crippen molar-refractivity contribution in [2.75, 3.05) is 0 Å². The van der Waals surface area contributed by atoms with Gasteiger partial charge in [-0.05, 0) is 41.9 Å². The summed E-state index contributed by atoms with van der Waals surface area (Å²) in [6, 6.07) is 8.61. The molecule has 0 aliphatic heterocycles. The Labute approximate surface area is 92.3 Å². The van der Waals surface area contributed by atoms with Crippen LogP contribution in [-0.4, -0.2) is 0 Å². The van der Waals surface area contributed by atoms with Crippen LogP contribution in [0.5, 0.6) is 0 Å². The van der Waals surface area contributed by atoms with Gasteiger partial charge in [0.15, 0.2) is 0 Å². The minimum Gasteiger partial charge on any atom is -0.0996 e. The van der Waals surface area contributed by atoms with Crippen LogP contribution in [0.3, 0.4) is 0 Å². The van der Waals surface area contributed by atoms with Gasteiger partial charge < -0.3 is 0 Å². The molecule has 0 bridgehead atoms. The standard InChI is InChI=1S/C15H18/c1-4-11(2)14-9-12(3)15-8-6-5-7-13(15)10-14/h5-8,14H,2-4,9-10H2,1H3. The molecule has 2 rings (SSSR count). The van der Waals surface area contributed by atoms with Crippen LogP contribution in [0.15, 0.2) is 43.0 Å². The summed E-state index contributed by atoms with van der Waals surface area (Å²) in [6.45, 7) is 10.5. The molecule has 1 aliphatic rings. The molecule has 15 heavy (non-hydrogen) atoms. The fraction of sp³-hybridized carbons (Fsp3) is 0.333. The van der Waals surface area contributed by atoms with Gasteiger partial charge in [-0.15, -0.1) is 0 Å². The van der Waals surface area contributed by atoms with Gasteiger partial charge in [0.1, 0.15) is 0 Å². The summed E-state index contributed by atoms with van der Waals surface area (Å²) in [6.07, 6.45) is 3.31. The number of rotatable bonds is 2. The Kier molecular flexibility index (Phi) is 2.77. The van der Waals surface area contributed by atoms with Crippen LogP contribution in [0, 0.1) is 5.92 Å². The van der Waals surface area contributed by atoms with Crippen molar-refractivity contribution in [2.45, 2.75) is 26.2 Å². The van der Waals surface area contributed by atoms with Crippen molar-refractivity contribution >= 4 is 5.57 Å². The molecule has 1 aromatic rings. The summed E-state index contributed by atoms with van der Waals surface area (Å²) in [4.78, 5) is 0. The summed E-state index contributed by atoms with van der Waals surface area (Å²) in [7, 11) is 0. The summed E-state index contributed by atoms with van der Waals surface area (Å²) in [5.41, 5.74) is 5.44. The minimum absolute atomic E-state index is 0.609. The van der Waals surface area contributed by atoms with E-state index in [0.717, 1.165) is 19.3 Å². The molecule has 0 heterocycles. The SMILES string of the molecule is C=C1CC(C(=C)CC)Cc2ccccc21. The van der Waals surface area contributed by atoms with Gasteiger partial charge >= 0.3 is 0 Å². The molecule has 0 N–H and O–H groups in total. The van der Waals surface area contributed by atoms with E-state index in [9.17, 15) is 0 Å². The summed E-state index contributed by atoms with van der Waals surface area (Å²) < 4.78 is 0. The van der Waals surface area contributed by atoms with Crippen LogP contribution in [-0.2, 0) is 6.42 Å². The van der Waals surface area contributed by atoms with Crippen LogP contribution in [0.2, 0.25) is 0 Å². The Hall–Kier alpha value is -1.30. The van der Waals surface area contributed by atoms with Gasteiger partial charge in [0.25, 0.3) is 0 Å². The second kappa shape index (κ2) is 4.06. The molecule has 1 unspecified atom stereocenters. The first-order chi connectivity index (χ1) is 7.22. The van der Waals surface area contributed by atoms with E-state index < -0.39 is 0 Å². The smallest absolute Gasteiger partial charge is 0.0125 e. The molecule has 1 aromatic carbocycles. The predicted octanol–water partition coefficient (Wildman–Crippen LogP) is 4.23. The van der Waals surface area contributed by atoms with Crippen LogP contribution >= 0.6 is 0 Å². The van der Waals surface area contributed by atoms with E-state index in [2.05, 4.69) is 44.3 Å². The molecule has 0 aromatic heterocycles. The third-order valence-corrected chi connectivity index (χ3v) is 3.39. The lowest BCUT2D eigenvalue weighted by Crippen LogP contribution is -2.14. The molecule has 1 aliphatic carbocycles. The minimum atomic E-state index is 0.609. The fourth-order valence-corrected chi connectivity index (χ4v) is 2.37. The second-order valence-electron chi connectivity index (χ2n) is 4.38. The Balaban J connectivity index is 2.30. The topological polar surface area (TPSA) is 0 Å². The van der Waals surface area contributed by atoms with E-state index in [1.54, 1.807) is 0 Å². The van der Waals surface area contributed by atoms with Crippen molar-refractivity contribution in [3.8, 4) is 0 Å². The first kappa shape index (κ1) is 10.2. The molecular formula is C15H18. The maximum atomic E-state index is 4.18. The highest BCUT2D eigenvalue weighted by molar-refractivity contribution is 5.68. The Morgan fingerprint density at radius 2 is 2.07 bits per heavy atom. The largest absolute Gasteiger partial charge is 0.0996 e. The highest BCUT2D eigenvalue weighted by Crippen LogP contribution is 2.36. The molecule has 0 amide bonds. The quantitative estimate of drug-likeness (QED) is 0.624. The Bertz CT molecular complexity index is 398. The average molecular weight is 198 g/mol. The zero-order valence-corrected chi connectivity index (χ0v) is 9.42. The molecule has 0 saturated heterocycles. The van der Waals surface area contributed by atoms with Gasteiger partial charge in [-0.1, -0.05) is 49.9 Å². The first-order valence-corrected chi connectivity index (χ1v) is 5.66. The molecule has 0 radical (unpaired) electrons. The second-order valence-corrected chi connectivity index (χ2v) is 4.38. The highest BCUT2D eigenvalue weighted by Gasteiger charge is 2.21. The summed E-state index contributed by atoms with van der Waals surface area (Å²) >= 11 is 0. The van der Waals surface area contributed by atoms with Crippen molar-refractivity contribution in [2.24, 2.45) is 5.92 Å². The third kappa shape index (κ3) is 1.90. The van der Waals surface area contributed by atoms with Crippen molar-refractivity contribution in [3.63, 3.8) is 0 Å². The Morgan fingerprint density at radius 3 is 2.80 bits per heavy atom. The number of allylic oxidation sites excluding steroid dienone is 2. The van der Waals surface area contributed by atoms with E-state index in [1.807, 2.05) is 0 Å². The molecule has 0 fully saturated rings. The van der Waals surface area contributed by atoms with Gasteiger partial charge in [-0.25, -0.2) is 0 Å². The lowest BCUT2D eigenvalue weighted by Gasteiger charge is -2.27. The number of hydrogen-bond acceptors (Lipinski definition) is 0.